The number of nitrogens with two attached hydrogens (primary N) is 1. The zero-order valence-corrected chi connectivity index (χ0v) is 14.8. The fraction of sp³-hybridized carbons (Fsp3) is 0.278. The van der Waals surface area contributed by atoms with Crippen LogP contribution in [0.4, 0.5) is 5.69 Å². The van der Waals surface area contributed by atoms with E-state index in [-0.39, 0.29) is 0 Å². The highest BCUT2D eigenvalue weighted by atomic mass is 35.5. The summed E-state index contributed by atoms with van der Waals surface area (Å²) >= 11 is 12.2. The fourth-order valence-electron chi connectivity index (χ4n) is 2.71. The summed E-state index contributed by atoms with van der Waals surface area (Å²) < 4.78 is 5.12. The van der Waals surface area contributed by atoms with Crippen LogP contribution in [-0.4, -0.2) is 19.6 Å². The Labute approximate surface area is 151 Å². The van der Waals surface area contributed by atoms with Crippen molar-refractivity contribution in [3.05, 3.63) is 58.1 Å². The average Bonchev–Trinajstić information content (AvgIpc) is 3.33. The van der Waals surface area contributed by atoms with E-state index in [1.165, 1.54) is 0 Å². The van der Waals surface area contributed by atoms with E-state index < -0.39 is 0 Å². The first-order valence-electron chi connectivity index (χ1n) is 7.73. The van der Waals surface area contributed by atoms with Crippen molar-refractivity contribution in [3.8, 4) is 5.75 Å². The number of methoxy groups -OCH3 is 1. The van der Waals surface area contributed by atoms with Crippen molar-refractivity contribution in [1.82, 2.24) is 0 Å². The summed E-state index contributed by atoms with van der Waals surface area (Å²) in [5.41, 5.74) is 7.97. The standard InChI is InChI=1S/C18H19Cl2N3O/c1-24-14-5-3-13(4-6-14)23-18(21)22-10-11-8-16(11)15-7-2-12(19)9-17(15)20/h2-7,9,11,16H,8,10H2,1H3,(H3,21,22,23). The van der Waals surface area contributed by atoms with E-state index in [2.05, 4.69) is 10.3 Å². The Morgan fingerprint density at radius 2 is 2.00 bits per heavy atom. The number of anilines is 1. The molecule has 3 rings (SSSR count). The number of hydrogen-bond donors (Lipinski definition) is 2. The van der Waals surface area contributed by atoms with Crippen LogP contribution in [0.5, 0.6) is 5.75 Å². The molecule has 1 aliphatic rings. The molecule has 2 aromatic carbocycles. The number of aliphatic imine (C=N–C) groups is 1. The van der Waals surface area contributed by atoms with Crippen LogP contribution in [-0.2, 0) is 0 Å². The molecule has 2 unspecified atom stereocenters. The summed E-state index contributed by atoms with van der Waals surface area (Å²) in [6.45, 7) is 0.679. The van der Waals surface area contributed by atoms with Crippen molar-refractivity contribution in [2.24, 2.45) is 16.6 Å². The van der Waals surface area contributed by atoms with Gasteiger partial charge in [0.25, 0.3) is 0 Å². The van der Waals surface area contributed by atoms with Crippen LogP contribution in [0.2, 0.25) is 10.0 Å². The van der Waals surface area contributed by atoms with Gasteiger partial charge in [-0.3, -0.25) is 4.99 Å². The highest BCUT2D eigenvalue weighted by molar-refractivity contribution is 6.35. The van der Waals surface area contributed by atoms with E-state index in [1.54, 1.807) is 13.2 Å². The van der Waals surface area contributed by atoms with Crippen molar-refractivity contribution in [1.29, 1.82) is 0 Å². The maximum atomic E-state index is 6.26. The van der Waals surface area contributed by atoms with Gasteiger partial charge in [0, 0.05) is 22.3 Å². The van der Waals surface area contributed by atoms with E-state index in [1.807, 2.05) is 36.4 Å². The Morgan fingerprint density at radius 3 is 2.67 bits per heavy atom. The van der Waals surface area contributed by atoms with Crippen LogP contribution in [0.1, 0.15) is 17.9 Å². The number of nitrogens with one attached hydrogen (secondary N) is 1. The summed E-state index contributed by atoms with van der Waals surface area (Å²) in [5, 5.41) is 4.46. The first kappa shape index (κ1) is 16.9. The van der Waals surface area contributed by atoms with E-state index in [0.717, 1.165) is 28.4 Å². The Bertz CT molecular complexity index is 746. The van der Waals surface area contributed by atoms with E-state index in [4.69, 9.17) is 33.7 Å². The number of rotatable bonds is 5. The molecular weight excluding hydrogens is 345 g/mol. The Morgan fingerprint density at radius 1 is 1.25 bits per heavy atom. The monoisotopic (exact) mass is 363 g/mol. The quantitative estimate of drug-likeness (QED) is 0.605. The molecule has 126 valence electrons. The molecule has 2 aromatic rings. The molecule has 1 fully saturated rings. The van der Waals surface area contributed by atoms with Gasteiger partial charge in [0.15, 0.2) is 5.96 Å². The first-order chi connectivity index (χ1) is 11.6. The molecule has 0 aromatic heterocycles. The molecule has 6 heteroatoms. The van der Waals surface area contributed by atoms with Crippen molar-refractivity contribution in [2.45, 2.75) is 12.3 Å². The van der Waals surface area contributed by atoms with Gasteiger partial charge in [0.05, 0.1) is 7.11 Å². The lowest BCUT2D eigenvalue weighted by molar-refractivity contribution is 0.415. The SMILES string of the molecule is COc1ccc(NC(N)=NCC2CC2c2ccc(Cl)cc2Cl)cc1. The topological polar surface area (TPSA) is 59.6 Å². The van der Waals surface area contributed by atoms with Crippen LogP contribution in [0, 0.1) is 5.92 Å². The van der Waals surface area contributed by atoms with Crippen LogP contribution in [0.25, 0.3) is 0 Å². The molecule has 0 spiro atoms. The van der Waals surface area contributed by atoms with Crippen LogP contribution in [0.15, 0.2) is 47.5 Å². The van der Waals surface area contributed by atoms with E-state index in [0.29, 0.717) is 29.4 Å². The molecular formula is C18H19Cl2N3O. The number of guanidine groups is 1. The third kappa shape index (κ3) is 4.13. The van der Waals surface area contributed by atoms with Crippen LogP contribution < -0.4 is 15.8 Å². The smallest absolute Gasteiger partial charge is 0.193 e. The lowest BCUT2D eigenvalue weighted by atomic mass is 10.1. The largest absolute Gasteiger partial charge is 0.497 e. The Balaban J connectivity index is 1.54. The molecule has 1 aliphatic carbocycles. The zero-order chi connectivity index (χ0) is 17.1. The number of hydrogen-bond acceptors (Lipinski definition) is 2. The van der Waals surface area contributed by atoms with E-state index in [9.17, 15) is 0 Å². The molecule has 0 radical (unpaired) electrons. The number of ether oxygens (including phenoxy) is 1. The lowest BCUT2D eigenvalue weighted by Gasteiger charge is -2.07. The van der Waals surface area contributed by atoms with Crippen molar-refractivity contribution in [3.63, 3.8) is 0 Å². The number of nitrogens with zero attached hydrogens (tertiary/aromatic N) is 1. The molecule has 4 nitrogen and oxygen atoms in total. The molecule has 0 bridgehead atoms. The minimum atomic E-state index is 0.410. The van der Waals surface area contributed by atoms with Gasteiger partial charge in [-0.05, 0) is 60.2 Å². The van der Waals surface area contributed by atoms with Gasteiger partial charge in [0.2, 0.25) is 0 Å². The summed E-state index contributed by atoms with van der Waals surface area (Å²) in [5.74, 6) is 2.12. The van der Waals surface area contributed by atoms with Gasteiger partial charge in [0.1, 0.15) is 5.75 Å². The lowest BCUT2D eigenvalue weighted by Crippen LogP contribution is -2.23. The van der Waals surface area contributed by atoms with Gasteiger partial charge in [-0.25, -0.2) is 0 Å². The predicted octanol–water partition coefficient (Wildman–Crippen LogP) is 4.53. The van der Waals surface area contributed by atoms with Crippen LogP contribution >= 0.6 is 23.2 Å². The average molecular weight is 364 g/mol. The molecule has 0 saturated heterocycles. The summed E-state index contributed by atoms with van der Waals surface area (Å²) in [4.78, 5) is 4.43. The first-order valence-corrected chi connectivity index (χ1v) is 8.48. The highest BCUT2D eigenvalue weighted by Gasteiger charge is 2.39. The van der Waals surface area contributed by atoms with Gasteiger partial charge < -0.3 is 15.8 Å². The maximum absolute atomic E-state index is 6.26. The van der Waals surface area contributed by atoms with Gasteiger partial charge in [-0.1, -0.05) is 29.3 Å². The molecule has 1 saturated carbocycles. The van der Waals surface area contributed by atoms with Crippen molar-refractivity contribution < 1.29 is 4.74 Å². The summed E-state index contributed by atoms with van der Waals surface area (Å²) in [7, 11) is 1.64. The van der Waals surface area contributed by atoms with Gasteiger partial charge >= 0.3 is 0 Å². The van der Waals surface area contributed by atoms with Crippen molar-refractivity contribution >= 4 is 34.8 Å². The van der Waals surface area contributed by atoms with Crippen LogP contribution in [0.3, 0.4) is 0 Å². The molecule has 2 atom stereocenters. The zero-order valence-electron chi connectivity index (χ0n) is 13.3. The Hall–Kier alpha value is -1.91. The molecule has 0 heterocycles. The van der Waals surface area contributed by atoms with Gasteiger partial charge in [-0.2, -0.15) is 0 Å². The summed E-state index contributed by atoms with van der Waals surface area (Å²) in [6, 6.07) is 13.2. The van der Waals surface area contributed by atoms with Gasteiger partial charge in [-0.15, -0.1) is 0 Å². The second kappa shape index (κ2) is 7.32. The molecule has 0 aliphatic heterocycles. The number of benzene rings is 2. The van der Waals surface area contributed by atoms with Crippen molar-refractivity contribution in [2.75, 3.05) is 19.0 Å². The molecule has 0 amide bonds. The summed E-state index contributed by atoms with van der Waals surface area (Å²) in [6.07, 6.45) is 1.07. The second-order valence-corrected chi connectivity index (χ2v) is 6.69. The highest BCUT2D eigenvalue weighted by Crippen LogP contribution is 2.50. The molecule has 3 N–H and O–H groups in total. The fourth-order valence-corrected chi connectivity index (χ4v) is 3.26. The third-order valence-corrected chi connectivity index (χ3v) is 4.71. The maximum Gasteiger partial charge on any atom is 0.193 e. The third-order valence-electron chi connectivity index (χ3n) is 4.14. The second-order valence-electron chi connectivity index (χ2n) is 5.85. The Kier molecular flexibility index (Phi) is 5.17. The molecule has 24 heavy (non-hydrogen) atoms. The normalized spacial score (nSPS) is 19.9. The minimum Gasteiger partial charge on any atom is -0.497 e. The number of halogens is 2. The minimum absolute atomic E-state index is 0.410. The predicted molar refractivity (Wildman–Crippen MR) is 100 cm³/mol. The van der Waals surface area contributed by atoms with E-state index >= 15 is 0 Å².